The summed E-state index contributed by atoms with van der Waals surface area (Å²) >= 11 is 7.55. The number of carbonyl (C=O) groups excluding carboxylic acids is 2. The standard InChI is InChI=1S/C30H35ClN2O2S/c1-4-23(3)32-30(35)28(18-24-8-6-5-7-9-24)33(19-25-12-10-22(2)11-13-25)29(34)21-36-20-26-14-16-27(31)17-15-26/h5-17,23,28H,4,18-21H2,1-3H3,(H,32,35)/t23-,28+/m1/s1. The maximum atomic E-state index is 13.7. The molecule has 0 unspecified atom stereocenters. The normalized spacial score (nSPS) is 12.6. The summed E-state index contributed by atoms with van der Waals surface area (Å²) in [5.41, 5.74) is 4.30. The smallest absolute Gasteiger partial charge is 0.243 e. The molecule has 0 heterocycles. The zero-order valence-electron chi connectivity index (χ0n) is 21.2. The molecule has 36 heavy (non-hydrogen) atoms. The molecule has 0 aliphatic rings. The first-order chi connectivity index (χ1) is 17.4. The topological polar surface area (TPSA) is 49.4 Å². The van der Waals surface area contributed by atoms with Gasteiger partial charge in [-0.25, -0.2) is 0 Å². The lowest BCUT2D eigenvalue weighted by atomic mass is 10.0. The minimum absolute atomic E-state index is 0.0337. The first kappa shape index (κ1) is 27.8. The molecule has 0 saturated carbocycles. The van der Waals surface area contributed by atoms with Crippen LogP contribution in [0.3, 0.4) is 0 Å². The first-order valence-electron chi connectivity index (χ1n) is 12.4. The maximum absolute atomic E-state index is 13.7. The van der Waals surface area contributed by atoms with Crippen LogP contribution in [-0.2, 0) is 28.3 Å². The van der Waals surface area contributed by atoms with E-state index in [0.717, 1.165) is 28.7 Å². The van der Waals surface area contributed by atoms with Crippen molar-refractivity contribution in [3.05, 3.63) is 106 Å². The molecule has 6 heteroatoms. The van der Waals surface area contributed by atoms with Gasteiger partial charge < -0.3 is 10.2 Å². The van der Waals surface area contributed by atoms with Crippen LogP contribution >= 0.6 is 23.4 Å². The number of carbonyl (C=O) groups is 2. The predicted molar refractivity (Wildman–Crippen MR) is 151 cm³/mol. The monoisotopic (exact) mass is 522 g/mol. The Morgan fingerprint density at radius 1 is 0.917 bits per heavy atom. The van der Waals surface area contributed by atoms with Crippen molar-refractivity contribution in [1.82, 2.24) is 10.2 Å². The van der Waals surface area contributed by atoms with Crippen molar-refractivity contribution in [3.8, 4) is 0 Å². The van der Waals surface area contributed by atoms with Gasteiger partial charge in [-0.05, 0) is 49.1 Å². The minimum atomic E-state index is -0.605. The third-order valence-electron chi connectivity index (χ3n) is 6.15. The summed E-state index contributed by atoms with van der Waals surface area (Å²) in [6.45, 7) is 6.45. The van der Waals surface area contributed by atoms with Crippen LogP contribution < -0.4 is 5.32 Å². The van der Waals surface area contributed by atoms with Gasteiger partial charge in [0.05, 0.1) is 5.75 Å². The third-order valence-corrected chi connectivity index (χ3v) is 7.39. The molecule has 1 N–H and O–H groups in total. The maximum Gasteiger partial charge on any atom is 0.243 e. The van der Waals surface area contributed by atoms with Crippen molar-refractivity contribution < 1.29 is 9.59 Å². The van der Waals surface area contributed by atoms with Crippen LogP contribution in [0.2, 0.25) is 5.02 Å². The van der Waals surface area contributed by atoms with Crippen molar-refractivity contribution in [2.75, 3.05) is 5.75 Å². The second-order valence-corrected chi connectivity index (χ2v) is 10.6. The summed E-state index contributed by atoms with van der Waals surface area (Å²) in [7, 11) is 0. The van der Waals surface area contributed by atoms with Gasteiger partial charge in [0, 0.05) is 29.8 Å². The Morgan fingerprint density at radius 3 is 2.19 bits per heavy atom. The Morgan fingerprint density at radius 2 is 1.56 bits per heavy atom. The molecule has 3 aromatic rings. The van der Waals surface area contributed by atoms with E-state index in [0.29, 0.717) is 23.7 Å². The van der Waals surface area contributed by atoms with Crippen LogP contribution in [0.4, 0.5) is 0 Å². The summed E-state index contributed by atoms with van der Waals surface area (Å²) < 4.78 is 0. The van der Waals surface area contributed by atoms with E-state index in [2.05, 4.69) is 5.32 Å². The lowest BCUT2D eigenvalue weighted by molar-refractivity contribution is -0.139. The van der Waals surface area contributed by atoms with E-state index in [4.69, 9.17) is 11.6 Å². The van der Waals surface area contributed by atoms with E-state index in [1.54, 1.807) is 16.7 Å². The Bertz CT molecular complexity index is 1100. The molecule has 2 amide bonds. The van der Waals surface area contributed by atoms with Crippen molar-refractivity contribution in [1.29, 1.82) is 0 Å². The van der Waals surface area contributed by atoms with Crippen LogP contribution in [0.1, 0.15) is 42.5 Å². The van der Waals surface area contributed by atoms with Crippen molar-refractivity contribution >= 4 is 35.2 Å². The number of amides is 2. The van der Waals surface area contributed by atoms with E-state index < -0.39 is 6.04 Å². The van der Waals surface area contributed by atoms with Gasteiger partial charge in [-0.15, -0.1) is 11.8 Å². The molecule has 0 aliphatic heterocycles. The van der Waals surface area contributed by atoms with E-state index >= 15 is 0 Å². The molecular formula is C30H35ClN2O2S. The average molecular weight is 523 g/mol. The highest BCUT2D eigenvalue weighted by atomic mass is 35.5. The van der Waals surface area contributed by atoms with Crippen LogP contribution in [0, 0.1) is 6.92 Å². The van der Waals surface area contributed by atoms with Crippen LogP contribution in [0.15, 0.2) is 78.9 Å². The lowest BCUT2D eigenvalue weighted by Gasteiger charge is -2.32. The summed E-state index contributed by atoms with van der Waals surface area (Å²) in [5, 5.41) is 3.81. The van der Waals surface area contributed by atoms with Gasteiger partial charge in [-0.2, -0.15) is 0 Å². The van der Waals surface area contributed by atoms with E-state index in [1.165, 1.54) is 0 Å². The Kier molecular flexibility index (Phi) is 10.9. The van der Waals surface area contributed by atoms with E-state index in [1.807, 2.05) is 99.6 Å². The first-order valence-corrected chi connectivity index (χ1v) is 13.9. The van der Waals surface area contributed by atoms with E-state index in [-0.39, 0.29) is 23.6 Å². The van der Waals surface area contributed by atoms with E-state index in [9.17, 15) is 9.59 Å². The highest BCUT2D eigenvalue weighted by Crippen LogP contribution is 2.20. The Labute approximate surface area is 224 Å². The van der Waals surface area contributed by atoms with Gasteiger partial charge in [0.25, 0.3) is 0 Å². The SMILES string of the molecule is CC[C@@H](C)NC(=O)[C@H](Cc1ccccc1)N(Cc1ccc(C)cc1)C(=O)CSCc1ccc(Cl)cc1. The molecule has 3 aromatic carbocycles. The molecule has 0 aromatic heterocycles. The fraction of sp³-hybridized carbons (Fsp3) is 0.333. The number of hydrogen-bond donors (Lipinski definition) is 1. The fourth-order valence-corrected chi connectivity index (χ4v) is 4.80. The molecule has 4 nitrogen and oxygen atoms in total. The molecule has 190 valence electrons. The molecule has 0 saturated heterocycles. The number of hydrogen-bond acceptors (Lipinski definition) is 3. The molecule has 0 aliphatic carbocycles. The minimum Gasteiger partial charge on any atom is -0.352 e. The summed E-state index contributed by atoms with van der Waals surface area (Å²) in [6.07, 6.45) is 1.29. The van der Waals surface area contributed by atoms with Crippen LogP contribution in [0.5, 0.6) is 0 Å². The second kappa shape index (κ2) is 14.1. The highest BCUT2D eigenvalue weighted by Gasteiger charge is 2.30. The molecular weight excluding hydrogens is 488 g/mol. The molecule has 2 atom stereocenters. The number of nitrogens with one attached hydrogen (secondary N) is 1. The zero-order valence-corrected chi connectivity index (χ0v) is 22.8. The van der Waals surface area contributed by atoms with Gasteiger partial charge >= 0.3 is 0 Å². The number of rotatable bonds is 12. The summed E-state index contributed by atoms with van der Waals surface area (Å²) in [4.78, 5) is 28.9. The third kappa shape index (κ3) is 8.72. The van der Waals surface area contributed by atoms with Gasteiger partial charge in [0.1, 0.15) is 6.04 Å². The molecule has 0 radical (unpaired) electrons. The summed E-state index contributed by atoms with van der Waals surface area (Å²) in [5.74, 6) is 0.825. The Balaban J connectivity index is 1.84. The highest BCUT2D eigenvalue weighted by molar-refractivity contribution is 7.99. The average Bonchev–Trinajstić information content (AvgIpc) is 2.88. The van der Waals surface area contributed by atoms with Crippen molar-refractivity contribution in [2.45, 2.75) is 58.0 Å². The predicted octanol–water partition coefficient (Wildman–Crippen LogP) is 6.44. The van der Waals surface area contributed by atoms with Crippen LogP contribution in [0.25, 0.3) is 0 Å². The number of aryl methyl sites for hydroxylation is 1. The molecule has 0 fully saturated rings. The van der Waals surface area contributed by atoms with Gasteiger partial charge in [-0.3, -0.25) is 9.59 Å². The zero-order chi connectivity index (χ0) is 25.9. The lowest BCUT2D eigenvalue weighted by Crippen LogP contribution is -2.52. The van der Waals surface area contributed by atoms with Crippen molar-refractivity contribution in [3.63, 3.8) is 0 Å². The second-order valence-electron chi connectivity index (χ2n) is 9.15. The Hall–Kier alpha value is -2.76. The number of thioether (sulfide) groups is 1. The summed E-state index contributed by atoms with van der Waals surface area (Å²) in [6, 6.07) is 25.1. The van der Waals surface area contributed by atoms with Gasteiger partial charge in [0.2, 0.25) is 11.8 Å². The largest absolute Gasteiger partial charge is 0.352 e. The van der Waals surface area contributed by atoms with Crippen molar-refractivity contribution in [2.24, 2.45) is 0 Å². The van der Waals surface area contributed by atoms with Gasteiger partial charge in [-0.1, -0.05) is 90.8 Å². The van der Waals surface area contributed by atoms with Gasteiger partial charge in [0.15, 0.2) is 0 Å². The number of halogens is 1. The quantitative estimate of drug-likeness (QED) is 0.298. The molecule has 0 bridgehead atoms. The fourth-order valence-electron chi connectivity index (χ4n) is 3.80. The molecule has 3 rings (SSSR count). The van der Waals surface area contributed by atoms with Crippen LogP contribution in [-0.4, -0.2) is 34.6 Å². The molecule has 0 spiro atoms. The number of nitrogens with zero attached hydrogens (tertiary/aromatic N) is 1. The number of benzene rings is 3.